The zero-order valence-corrected chi connectivity index (χ0v) is 15.1. The van der Waals surface area contributed by atoms with Crippen molar-refractivity contribution in [2.24, 2.45) is 10.9 Å². The second-order valence-electron chi connectivity index (χ2n) is 6.89. The Morgan fingerprint density at radius 2 is 1.81 bits per heavy atom. The van der Waals surface area contributed by atoms with E-state index in [2.05, 4.69) is 5.32 Å². The first kappa shape index (κ1) is 17.9. The smallest absolute Gasteiger partial charge is 0.310 e. The number of carboxylic acid groups (broad SMARTS) is 1. The maximum absolute atomic E-state index is 12.6. The summed E-state index contributed by atoms with van der Waals surface area (Å²) < 4.78 is 0. The molecule has 2 aromatic carbocycles. The number of nitrogens with zero attached hydrogens (tertiary/aromatic N) is 1. The molecule has 2 N–H and O–H groups in total. The molecule has 3 rings (SSSR count). The van der Waals surface area contributed by atoms with Crippen LogP contribution in [0.3, 0.4) is 0 Å². The molecule has 26 heavy (non-hydrogen) atoms. The summed E-state index contributed by atoms with van der Waals surface area (Å²) >= 11 is 0. The first-order valence-electron chi connectivity index (χ1n) is 8.69. The minimum absolute atomic E-state index is 0.0421. The Hall–Kier alpha value is -2.95. The van der Waals surface area contributed by atoms with Gasteiger partial charge in [0.05, 0.1) is 17.3 Å². The van der Waals surface area contributed by atoms with E-state index in [1.165, 1.54) is 0 Å². The van der Waals surface area contributed by atoms with Crippen molar-refractivity contribution in [3.05, 3.63) is 65.2 Å². The predicted molar refractivity (Wildman–Crippen MR) is 102 cm³/mol. The van der Waals surface area contributed by atoms with Gasteiger partial charge in [0.25, 0.3) is 0 Å². The summed E-state index contributed by atoms with van der Waals surface area (Å²) in [4.78, 5) is 28.8. The van der Waals surface area contributed by atoms with E-state index in [0.717, 1.165) is 11.1 Å². The van der Waals surface area contributed by atoms with Gasteiger partial charge in [-0.3, -0.25) is 14.6 Å². The number of carbonyl (C=O) groups is 2. The third-order valence-electron chi connectivity index (χ3n) is 4.64. The number of carboxylic acids is 1. The lowest BCUT2D eigenvalue weighted by Gasteiger charge is -2.14. The maximum Gasteiger partial charge on any atom is 0.310 e. The number of aliphatic carboxylic acids is 1. The van der Waals surface area contributed by atoms with Crippen LogP contribution in [-0.4, -0.2) is 28.7 Å². The fourth-order valence-electron chi connectivity index (χ4n) is 3.03. The van der Waals surface area contributed by atoms with Crippen LogP contribution in [0.2, 0.25) is 0 Å². The molecular formula is C21H22N2O3. The van der Waals surface area contributed by atoms with Gasteiger partial charge < -0.3 is 10.4 Å². The Balaban J connectivity index is 2.21. The molecule has 0 bridgehead atoms. The number of amides is 1. The molecule has 0 saturated heterocycles. The molecule has 2 aromatic rings. The molecule has 1 aliphatic heterocycles. The van der Waals surface area contributed by atoms with E-state index in [1.54, 1.807) is 19.1 Å². The highest BCUT2D eigenvalue weighted by Gasteiger charge is 2.28. The fourth-order valence-corrected chi connectivity index (χ4v) is 3.03. The van der Waals surface area contributed by atoms with E-state index in [-0.39, 0.29) is 11.8 Å². The Labute approximate surface area is 152 Å². The lowest BCUT2D eigenvalue weighted by Crippen LogP contribution is -2.30. The normalized spacial score (nSPS) is 17.8. The first-order chi connectivity index (χ1) is 12.4. The number of hydrogen-bond donors (Lipinski definition) is 2. The quantitative estimate of drug-likeness (QED) is 0.883. The van der Waals surface area contributed by atoms with Crippen LogP contribution < -0.4 is 5.32 Å². The molecular weight excluding hydrogens is 328 g/mol. The summed E-state index contributed by atoms with van der Waals surface area (Å²) in [6.45, 7) is 5.57. The molecule has 0 aliphatic carbocycles. The van der Waals surface area contributed by atoms with Crippen LogP contribution >= 0.6 is 0 Å². The van der Waals surface area contributed by atoms with Crippen LogP contribution in [0.15, 0.2) is 53.5 Å². The van der Waals surface area contributed by atoms with Crippen molar-refractivity contribution in [2.75, 3.05) is 5.32 Å². The number of carbonyl (C=O) groups excluding carboxylic acids is 1. The highest BCUT2D eigenvalue weighted by Crippen LogP contribution is 2.29. The molecule has 0 spiro atoms. The van der Waals surface area contributed by atoms with Crippen molar-refractivity contribution >= 4 is 23.3 Å². The molecule has 2 unspecified atom stereocenters. The van der Waals surface area contributed by atoms with Gasteiger partial charge in [-0.25, -0.2) is 0 Å². The largest absolute Gasteiger partial charge is 0.481 e. The second-order valence-corrected chi connectivity index (χ2v) is 6.89. The number of anilines is 1. The van der Waals surface area contributed by atoms with E-state index >= 15 is 0 Å². The highest BCUT2D eigenvalue weighted by atomic mass is 16.4. The van der Waals surface area contributed by atoms with E-state index in [4.69, 9.17) is 4.99 Å². The van der Waals surface area contributed by atoms with Crippen LogP contribution in [0.4, 0.5) is 5.69 Å². The van der Waals surface area contributed by atoms with E-state index in [9.17, 15) is 14.7 Å². The lowest BCUT2D eigenvalue weighted by atomic mass is 9.94. The first-order valence-corrected chi connectivity index (χ1v) is 8.69. The van der Waals surface area contributed by atoms with Crippen molar-refractivity contribution in [3.8, 4) is 0 Å². The third-order valence-corrected chi connectivity index (χ3v) is 4.64. The van der Waals surface area contributed by atoms with Gasteiger partial charge in [0.15, 0.2) is 0 Å². The molecule has 134 valence electrons. The molecule has 0 radical (unpaired) electrons. The molecule has 2 atom stereocenters. The summed E-state index contributed by atoms with van der Waals surface area (Å²) in [5.41, 5.74) is 3.69. The van der Waals surface area contributed by atoms with E-state index < -0.39 is 17.9 Å². The van der Waals surface area contributed by atoms with Crippen LogP contribution in [0.25, 0.3) is 0 Å². The fraction of sp³-hybridized carbons (Fsp3) is 0.286. The predicted octanol–water partition coefficient (Wildman–Crippen LogP) is 3.69. The van der Waals surface area contributed by atoms with Crippen molar-refractivity contribution in [1.29, 1.82) is 0 Å². The second kappa shape index (κ2) is 7.12. The number of benzodiazepines with no additional fused rings is 1. The summed E-state index contributed by atoms with van der Waals surface area (Å²) in [6.07, 6.45) is 0. The van der Waals surface area contributed by atoms with Crippen molar-refractivity contribution in [2.45, 2.75) is 32.7 Å². The van der Waals surface area contributed by atoms with E-state index in [0.29, 0.717) is 17.0 Å². The van der Waals surface area contributed by atoms with Gasteiger partial charge in [0.2, 0.25) is 5.91 Å². The topological polar surface area (TPSA) is 78.8 Å². The number of aliphatic imine (C=N–C) groups is 1. The van der Waals surface area contributed by atoms with Crippen LogP contribution in [-0.2, 0) is 9.59 Å². The molecule has 1 aliphatic rings. The highest BCUT2D eigenvalue weighted by molar-refractivity contribution is 6.19. The SMILES string of the molecule is CC(C(=O)O)c1ccc2c(c1)C(c1ccccc1)=NC(C(C)C)C(=O)N2. The third kappa shape index (κ3) is 3.38. The number of hydrogen-bond acceptors (Lipinski definition) is 3. The molecule has 1 amide bonds. The van der Waals surface area contributed by atoms with Gasteiger partial charge >= 0.3 is 5.97 Å². The summed E-state index contributed by atoms with van der Waals surface area (Å²) in [5, 5.41) is 12.3. The Kier molecular flexibility index (Phi) is 4.89. The lowest BCUT2D eigenvalue weighted by molar-refractivity contribution is -0.138. The summed E-state index contributed by atoms with van der Waals surface area (Å²) in [6, 6.07) is 14.5. The van der Waals surface area contributed by atoms with Crippen molar-refractivity contribution in [1.82, 2.24) is 0 Å². The molecule has 0 saturated carbocycles. The molecule has 0 aromatic heterocycles. The summed E-state index contributed by atoms with van der Waals surface area (Å²) in [7, 11) is 0. The number of benzene rings is 2. The zero-order valence-electron chi connectivity index (χ0n) is 15.1. The number of fused-ring (bicyclic) bond motifs is 1. The Morgan fingerprint density at radius 1 is 1.12 bits per heavy atom. The summed E-state index contributed by atoms with van der Waals surface area (Å²) in [5.74, 6) is -1.63. The number of rotatable bonds is 4. The van der Waals surface area contributed by atoms with Crippen LogP contribution in [0, 0.1) is 5.92 Å². The zero-order chi connectivity index (χ0) is 18.8. The minimum atomic E-state index is -0.888. The van der Waals surface area contributed by atoms with Crippen LogP contribution in [0.5, 0.6) is 0 Å². The van der Waals surface area contributed by atoms with Gasteiger partial charge in [-0.1, -0.05) is 50.2 Å². The van der Waals surface area contributed by atoms with Gasteiger partial charge in [-0.05, 0) is 30.5 Å². The molecule has 5 heteroatoms. The number of nitrogens with one attached hydrogen (secondary N) is 1. The Morgan fingerprint density at radius 3 is 2.42 bits per heavy atom. The standard InChI is InChI=1S/C21H22N2O3/c1-12(2)18-20(24)22-17-10-9-15(13(3)21(25)26)11-16(17)19(23-18)14-7-5-4-6-8-14/h4-13,18H,1-3H3,(H,22,24)(H,25,26). The minimum Gasteiger partial charge on any atom is -0.481 e. The molecule has 1 heterocycles. The average molecular weight is 350 g/mol. The maximum atomic E-state index is 12.6. The van der Waals surface area contributed by atoms with Gasteiger partial charge in [-0.2, -0.15) is 0 Å². The van der Waals surface area contributed by atoms with Crippen LogP contribution in [0.1, 0.15) is 43.4 Å². The Bertz CT molecular complexity index is 872. The molecule has 5 nitrogen and oxygen atoms in total. The molecule has 0 fully saturated rings. The monoisotopic (exact) mass is 350 g/mol. The van der Waals surface area contributed by atoms with Gasteiger partial charge in [-0.15, -0.1) is 0 Å². The van der Waals surface area contributed by atoms with Crippen molar-refractivity contribution < 1.29 is 14.7 Å². The van der Waals surface area contributed by atoms with Gasteiger partial charge in [0.1, 0.15) is 6.04 Å². The average Bonchev–Trinajstić information content (AvgIpc) is 2.77. The van der Waals surface area contributed by atoms with Gasteiger partial charge in [0, 0.05) is 11.1 Å². The van der Waals surface area contributed by atoms with Crippen molar-refractivity contribution in [3.63, 3.8) is 0 Å². The van der Waals surface area contributed by atoms with E-state index in [1.807, 2.05) is 50.2 Å².